The third-order valence-corrected chi connectivity index (χ3v) is 5.03. The Kier molecular flexibility index (Phi) is 3.45. The van der Waals surface area contributed by atoms with Crippen LogP contribution in [0.1, 0.15) is 24.0 Å². The van der Waals surface area contributed by atoms with Crippen LogP contribution in [-0.4, -0.2) is 14.5 Å². The van der Waals surface area contributed by atoms with Gasteiger partial charge in [0.1, 0.15) is 4.90 Å². The van der Waals surface area contributed by atoms with Crippen LogP contribution >= 0.6 is 0 Å². The van der Waals surface area contributed by atoms with Gasteiger partial charge in [-0.15, -0.1) is 0 Å². The topological polar surface area (TPSA) is 72.2 Å². The van der Waals surface area contributed by atoms with Crippen molar-refractivity contribution in [1.29, 1.82) is 0 Å². The van der Waals surface area contributed by atoms with E-state index >= 15 is 0 Å². The van der Waals surface area contributed by atoms with Crippen molar-refractivity contribution < 1.29 is 8.42 Å². The first-order valence-electron chi connectivity index (χ1n) is 5.95. The fourth-order valence-electron chi connectivity index (χ4n) is 2.16. The van der Waals surface area contributed by atoms with Crippen molar-refractivity contribution in [2.24, 2.45) is 0 Å². The molecule has 0 aliphatic heterocycles. The third kappa shape index (κ3) is 2.42. The molecule has 4 nitrogen and oxygen atoms in total. The predicted octanol–water partition coefficient (Wildman–Crippen LogP) is 1.88. The predicted molar refractivity (Wildman–Crippen MR) is 72.8 cm³/mol. The van der Waals surface area contributed by atoms with E-state index in [2.05, 4.69) is 4.72 Å². The molecule has 18 heavy (non-hydrogen) atoms. The first kappa shape index (κ1) is 13.1. The molecule has 3 N–H and O–H groups in total. The number of sulfonamides is 1. The number of hydrogen-bond donors (Lipinski definition) is 2. The molecule has 0 amide bonds. The molecule has 1 aromatic rings. The second-order valence-electron chi connectivity index (χ2n) is 4.69. The number of nitrogen functional groups attached to an aromatic ring is 1. The smallest absolute Gasteiger partial charge is 0.243 e. The molecule has 0 fully saturated rings. The van der Waals surface area contributed by atoms with Gasteiger partial charge in [-0.05, 0) is 43.9 Å². The minimum absolute atomic E-state index is 0.0469. The lowest BCUT2D eigenvalue weighted by atomic mass is 10.1. The summed E-state index contributed by atoms with van der Waals surface area (Å²) in [6.07, 6.45) is 5.45. The summed E-state index contributed by atoms with van der Waals surface area (Å²) in [5.41, 5.74) is 7.76. The first-order chi connectivity index (χ1) is 8.42. The number of nitrogens with one attached hydrogen (secondary N) is 1. The Labute approximate surface area is 108 Å². The summed E-state index contributed by atoms with van der Waals surface area (Å²) in [6, 6.07) is 3.43. The van der Waals surface area contributed by atoms with Gasteiger partial charge in [-0.25, -0.2) is 13.1 Å². The molecule has 1 aliphatic carbocycles. The highest BCUT2D eigenvalue weighted by molar-refractivity contribution is 7.89. The SMILES string of the molecule is Cc1ccc(N)c(S(=O)(=O)NC2CC=CC2)c1C. The van der Waals surface area contributed by atoms with E-state index < -0.39 is 10.0 Å². The molecule has 0 atom stereocenters. The first-order valence-corrected chi connectivity index (χ1v) is 7.43. The van der Waals surface area contributed by atoms with Gasteiger partial charge in [-0.1, -0.05) is 18.2 Å². The highest BCUT2D eigenvalue weighted by atomic mass is 32.2. The third-order valence-electron chi connectivity index (χ3n) is 3.31. The molecular weight excluding hydrogens is 248 g/mol. The number of rotatable bonds is 3. The minimum Gasteiger partial charge on any atom is -0.398 e. The fraction of sp³-hybridized carbons (Fsp3) is 0.385. The standard InChI is InChI=1S/C13H18N2O2S/c1-9-7-8-12(14)13(10(9)2)18(16,17)15-11-5-3-4-6-11/h3-4,7-8,11,15H,5-6,14H2,1-2H3. The van der Waals surface area contributed by atoms with E-state index in [0.29, 0.717) is 11.3 Å². The average molecular weight is 266 g/mol. The lowest BCUT2D eigenvalue weighted by Crippen LogP contribution is -2.33. The van der Waals surface area contributed by atoms with Crippen molar-refractivity contribution in [3.05, 3.63) is 35.4 Å². The Morgan fingerprint density at radius 1 is 1.22 bits per heavy atom. The van der Waals surface area contributed by atoms with Crippen LogP contribution in [0.2, 0.25) is 0 Å². The summed E-state index contributed by atoms with van der Waals surface area (Å²) >= 11 is 0. The molecule has 0 saturated heterocycles. The second kappa shape index (κ2) is 4.74. The fourth-order valence-corrected chi connectivity index (χ4v) is 3.85. The van der Waals surface area contributed by atoms with E-state index in [9.17, 15) is 8.42 Å². The quantitative estimate of drug-likeness (QED) is 0.648. The second-order valence-corrected chi connectivity index (χ2v) is 6.34. The van der Waals surface area contributed by atoms with Crippen LogP contribution in [0.15, 0.2) is 29.2 Å². The molecule has 1 aromatic carbocycles. The van der Waals surface area contributed by atoms with Crippen LogP contribution in [0.25, 0.3) is 0 Å². The number of hydrogen-bond acceptors (Lipinski definition) is 3. The molecule has 1 aliphatic rings. The highest BCUT2D eigenvalue weighted by Gasteiger charge is 2.24. The molecule has 5 heteroatoms. The summed E-state index contributed by atoms with van der Waals surface area (Å²) in [4.78, 5) is 0.217. The zero-order chi connectivity index (χ0) is 13.3. The summed E-state index contributed by atoms with van der Waals surface area (Å²) in [5, 5.41) is 0. The molecular formula is C13H18N2O2S. The summed E-state index contributed by atoms with van der Waals surface area (Å²) in [7, 11) is -3.54. The van der Waals surface area contributed by atoms with Crippen molar-refractivity contribution >= 4 is 15.7 Å². The Morgan fingerprint density at radius 2 is 1.83 bits per heavy atom. The van der Waals surface area contributed by atoms with Gasteiger partial charge < -0.3 is 5.73 Å². The van der Waals surface area contributed by atoms with Crippen molar-refractivity contribution in [1.82, 2.24) is 4.72 Å². The Hall–Kier alpha value is -1.33. The molecule has 0 heterocycles. The van der Waals surface area contributed by atoms with Crippen LogP contribution in [0.5, 0.6) is 0 Å². The summed E-state index contributed by atoms with van der Waals surface area (Å²) in [6.45, 7) is 3.66. The van der Waals surface area contributed by atoms with E-state index in [0.717, 1.165) is 18.4 Å². The zero-order valence-corrected chi connectivity index (χ0v) is 11.4. The number of aryl methyl sites for hydroxylation is 1. The van der Waals surface area contributed by atoms with Gasteiger partial charge in [-0.2, -0.15) is 0 Å². The van der Waals surface area contributed by atoms with Crippen LogP contribution in [0.3, 0.4) is 0 Å². The van der Waals surface area contributed by atoms with Gasteiger partial charge in [0.25, 0.3) is 0 Å². The zero-order valence-electron chi connectivity index (χ0n) is 10.6. The molecule has 98 valence electrons. The molecule has 0 spiro atoms. The monoisotopic (exact) mass is 266 g/mol. The average Bonchev–Trinajstić information content (AvgIpc) is 2.75. The highest BCUT2D eigenvalue weighted by Crippen LogP contribution is 2.26. The Bertz CT molecular complexity index is 583. The van der Waals surface area contributed by atoms with E-state index in [1.165, 1.54) is 0 Å². The van der Waals surface area contributed by atoms with Crippen molar-refractivity contribution in [2.45, 2.75) is 37.6 Å². The summed E-state index contributed by atoms with van der Waals surface area (Å²) < 4.78 is 27.4. The lowest BCUT2D eigenvalue weighted by molar-refractivity contribution is 0.557. The van der Waals surface area contributed by atoms with Crippen molar-refractivity contribution in [3.63, 3.8) is 0 Å². The molecule has 0 radical (unpaired) electrons. The van der Waals surface area contributed by atoms with E-state index in [4.69, 9.17) is 5.73 Å². The van der Waals surface area contributed by atoms with Crippen LogP contribution in [-0.2, 0) is 10.0 Å². The maximum atomic E-state index is 12.4. The van der Waals surface area contributed by atoms with Crippen molar-refractivity contribution in [3.8, 4) is 0 Å². The summed E-state index contributed by atoms with van der Waals surface area (Å²) in [5.74, 6) is 0. The number of nitrogens with two attached hydrogens (primary N) is 1. The van der Waals surface area contributed by atoms with Gasteiger partial charge in [0, 0.05) is 6.04 Å². The van der Waals surface area contributed by atoms with Crippen LogP contribution < -0.4 is 10.5 Å². The van der Waals surface area contributed by atoms with Gasteiger partial charge in [0.05, 0.1) is 5.69 Å². The van der Waals surface area contributed by atoms with E-state index in [-0.39, 0.29) is 10.9 Å². The lowest BCUT2D eigenvalue weighted by Gasteiger charge is -2.16. The van der Waals surface area contributed by atoms with E-state index in [1.54, 1.807) is 13.0 Å². The number of benzene rings is 1. The molecule has 0 unspecified atom stereocenters. The molecule has 2 rings (SSSR count). The van der Waals surface area contributed by atoms with Gasteiger partial charge in [0.15, 0.2) is 0 Å². The van der Waals surface area contributed by atoms with Crippen molar-refractivity contribution in [2.75, 3.05) is 5.73 Å². The number of anilines is 1. The molecule has 0 saturated carbocycles. The minimum atomic E-state index is -3.54. The van der Waals surface area contributed by atoms with Gasteiger partial charge in [-0.3, -0.25) is 0 Å². The Morgan fingerprint density at radius 3 is 2.44 bits per heavy atom. The molecule has 0 bridgehead atoms. The van der Waals surface area contributed by atoms with Crippen LogP contribution in [0, 0.1) is 13.8 Å². The Balaban J connectivity index is 2.38. The maximum Gasteiger partial charge on any atom is 0.243 e. The van der Waals surface area contributed by atoms with Gasteiger partial charge in [0.2, 0.25) is 10.0 Å². The largest absolute Gasteiger partial charge is 0.398 e. The van der Waals surface area contributed by atoms with Gasteiger partial charge >= 0.3 is 0 Å². The maximum absolute atomic E-state index is 12.4. The van der Waals surface area contributed by atoms with E-state index in [1.807, 2.05) is 25.1 Å². The van der Waals surface area contributed by atoms with Crippen LogP contribution in [0.4, 0.5) is 5.69 Å². The molecule has 0 aromatic heterocycles. The normalized spacial score (nSPS) is 16.3.